The molecule has 3 aromatic carbocycles. The van der Waals surface area contributed by atoms with Crippen LogP contribution in [0.3, 0.4) is 0 Å². The second kappa shape index (κ2) is 23.5. The van der Waals surface area contributed by atoms with Crippen molar-refractivity contribution in [2.45, 2.75) is 236 Å². The molecule has 0 amide bonds. The van der Waals surface area contributed by atoms with Crippen LogP contribution in [0.4, 0.5) is 0 Å². The van der Waals surface area contributed by atoms with Crippen molar-refractivity contribution in [1.82, 2.24) is 0 Å². The van der Waals surface area contributed by atoms with Gasteiger partial charge in [-0.2, -0.15) is 0 Å². The summed E-state index contributed by atoms with van der Waals surface area (Å²) in [5.41, 5.74) is 11.9. The quantitative estimate of drug-likeness (QED) is 0.0843. The molecule has 58 heavy (non-hydrogen) atoms. The fourth-order valence-corrected chi connectivity index (χ4v) is 8.96. The Labute approximate surface area is 360 Å². The third-order valence-electron chi connectivity index (χ3n) is 14.4. The van der Waals surface area contributed by atoms with Gasteiger partial charge >= 0.3 is 8.60 Å². The minimum absolute atomic E-state index is 0.320. The number of rotatable bonds is 24. The molecule has 0 saturated carbocycles. The van der Waals surface area contributed by atoms with Crippen molar-refractivity contribution in [3.8, 4) is 17.2 Å². The first-order valence-electron chi connectivity index (χ1n) is 24.0. The van der Waals surface area contributed by atoms with E-state index < -0.39 is 8.60 Å². The maximum absolute atomic E-state index is 7.59. The molecule has 0 spiro atoms. The number of benzene rings is 3. The molecule has 4 heteroatoms. The van der Waals surface area contributed by atoms with Crippen LogP contribution in [-0.4, -0.2) is 0 Å². The maximum Gasteiger partial charge on any atom is 0.530 e. The van der Waals surface area contributed by atoms with E-state index in [0.29, 0.717) is 53.3 Å². The first-order valence-corrected chi connectivity index (χ1v) is 25.1. The lowest BCUT2D eigenvalue weighted by molar-refractivity contribution is 0.370. The summed E-state index contributed by atoms with van der Waals surface area (Å²) in [5, 5.41) is 0. The highest BCUT2D eigenvalue weighted by Crippen LogP contribution is 2.54. The zero-order chi connectivity index (χ0) is 43.4. The van der Waals surface area contributed by atoms with Gasteiger partial charge in [0.15, 0.2) is 0 Å². The zero-order valence-electron chi connectivity index (χ0n) is 40.7. The predicted molar refractivity (Wildman–Crippen MR) is 256 cm³/mol. The summed E-state index contributed by atoms with van der Waals surface area (Å²) in [6, 6.07) is 14.7. The lowest BCUT2D eigenvalue weighted by Gasteiger charge is -2.31. The molecule has 0 N–H and O–H groups in total. The Balaban J connectivity index is 2.55. The van der Waals surface area contributed by atoms with E-state index in [1.54, 1.807) is 0 Å². The fraction of sp³-hybridized carbons (Fsp3) is 0.667. The van der Waals surface area contributed by atoms with Gasteiger partial charge in [0.1, 0.15) is 17.2 Å². The van der Waals surface area contributed by atoms with Crippen molar-refractivity contribution in [2.75, 3.05) is 0 Å². The lowest BCUT2D eigenvalue weighted by Crippen LogP contribution is -2.14. The standard InChI is InChI=1S/C54H87O3P/c1-19-34(10)43-28-46(37(13)22-4)52(47(29-43)38(14)23-5)55-58(56-53-48(39(15)24-6)30-44(35(11)20-2)31-49(53)40(16)25-7)57-54-50(41(17)26-8)32-45(36(12)21-3)33-51(54)42(18)27-9/h28-42H,19-27H2,1-18H3. The van der Waals surface area contributed by atoms with Crippen molar-refractivity contribution in [2.24, 2.45) is 0 Å². The van der Waals surface area contributed by atoms with Crippen LogP contribution in [-0.2, 0) is 0 Å². The molecule has 9 atom stereocenters. The fourth-order valence-electron chi connectivity index (χ4n) is 7.77. The van der Waals surface area contributed by atoms with Crippen molar-refractivity contribution in [3.05, 3.63) is 86.5 Å². The number of hydrogen-bond donors (Lipinski definition) is 0. The first kappa shape index (κ1) is 49.8. The molecule has 9 unspecified atom stereocenters. The highest BCUT2D eigenvalue weighted by Gasteiger charge is 2.33. The molecule has 0 heterocycles. The molecule has 3 aromatic rings. The molecule has 0 aliphatic heterocycles. The molecule has 0 aliphatic rings. The highest BCUT2D eigenvalue weighted by atomic mass is 31.2. The van der Waals surface area contributed by atoms with Gasteiger partial charge in [-0.15, -0.1) is 0 Å². The monoisotopic (exact) mass is 815 g/mol. The minimum Gasteiger partial charge on any atom is -0.408 e. The van der Waals surface area contributed by atoms with E-state index in [4.69, 9.17) is 13.6 Å². The van der Waals surface area contributed by atoms with Gasteiger partial charge in [0.05, 0.1) is 0 Å². The van der Waals surface area contributed by atoms with Crippen LogP contribution in [0.1, 0.15) is 286 Å². The summed E-state index contributed by atoms with van der Waals surface area (Å²) in [7, 11) is -1.95. The Morgan fingerprint density at radius 3 is 0.586 bits per heavy atom. The molecular formula is C54H87O3P. The topological polar surface area (TPSA) is 27.7 Å². The summed E-state index contributed by atoms with van der Waals surface area (Å²) in [6.45, 7) is 41.9. The van der Waals surface area contributed by atoms with Gasteiger partial charge in [-0.1, -0.05) is 161 Å². The molecule has 3 nitrogen and oxygen atoms in total. The van der Waals surface area contributed by atoms with Crippen LogP contribution < -0.4 is 13.6 Å². The van der Waals surface area contributed by atoms with E-state index in [1.165, 1.54) is 50.1 Å². The smallest absolute Gasteiger partial charge is 0.408 e. The minimum atomic E-state index is -1.95. The molecule has 0 radical (unpaired) electrons. The van der Waals surface area contributed by atoms with E-state index in [1.807, 2.05) is 0 Å². The van der Waals surface area contributed by atoms with Crippen LogP contribution >= 0.6 is 8.60 Å². The zero-order valence-corrected chi connectivity index (χ0v) is 41.6. The average molecular weight is 815 g/mol. The van der Waals surface area contributed by atoms with Crippen molar-refractivity contribution in [1.29, 1.82) is 0 Å². The van der Waals surface area contributed by atoms with Crippen LogP contribution in [0.15, 0.2) is 36.4 Å². The van der Waals surface area contributed by atoms with Crippen LogP contribution in [0.2, 0.25) is 0 Å². The Morgan fingerprint density at radius 2 is 0.448 bits per heavy atom. The van der Waals surface area contributed by atoms with Crippen molar-refractivity contribution >= 4 is 8.60 Å². The summed E-state index contributed by atoms with van der Waals surface area (Å²) in [5.74, 6) is 6.24. The van der Waals surface area contributed by atoms with E-state index in [9.17, 15) is 0 Å². The molecular weight excluding hydrogens is 728 g/mol. The number of hydrogen-bond acceptors (Lipinski definition) is 3. The molecule has 0 aliphatic carbocycles. The van der Waals surface area contributed by atoms with Gasteiger partial charge in [-0.25, -0.2) is 0 Å². The normalized spacial score (nSPS) is 17.1. The Hall–Kier alpha value is -2.51. The summed E-state index contributed by atoms with van der Waals surface area (Å²) in [6.07, 6.45) is 9.48. The van der Waals surface area contributed by atoms with Gasteiger partial charge < -0.3 is 13.6 Å². The predicted octanol–water partition coefficient (Wildman–Crippen LogP) is 19.1. The molecule has 3 rings (SSSR count). The average Bonchev–Trinajstić information content (AvgIpc) is 3.25. The third-order valence-corrected chi connectivity index (χ3v) is 15.4. The maximum atomic E-state index is 7.59. The van der Waals surface area contributed by atoms with E-state index in [0.717, 1.165) is 75.0 Å². The summed E-state index contributed by atoms with van der Waals surface area (Å²) >= 11 is 0. The van der Waals surface area contributed by atoms with E-state index >= 15 is 0 Å². The molecule has 0 bridgehead atoms. The van der Waals surface area contributed by atoms with Gasteiger partial charge in [0, 0.05) is 0 Å². The molecule has 0 fully saturated rings. The molecule has 0 saturated heterocycles. The van der Waals surface area contributed by atoms with Gasteiger partial charge in [0.25, 0.3) is 0 Å². The van der Waals surface area contributed by atoms with Crippen LogP contribution in [0, 0.1) is 0 Å². The summed E-state index contributed by atoms with van der Waals surface area (Å²) in [4.78, 5) is 0. The van der Waals surface area contributed by atoms with Crippen molar-refractivity contribution < 1.29 is 13.6 Å². The SMILES string of the molecule is CCC(C)c1cc(C(C)CC)c(OP(Oc2c(C(C)CC)cc(C(C)CC)cc2C(C)CC)Oc2c(C(C)CC)cc(C(C)CC)cc2C(C)CC)c(C(C)CC)c1. The van der Waals surface area contributed by atoms with Gasteiger partial charge in [-0.05, 0) is 161 Å². The summed E-state index contributed by atoms with van der Waals surface area (Å²) < 4.78 is 22.8. The third kappa shape index (κ3) is 11.9. The van der Waals surface area contributed by atoms with Crippen molar-refractivity contribution in [3.63, 3.8) is 0 Å². The molecule has 326 valence electrons. The Kier molecular flexibility index (Phi) is 20.2. The van der Waals surface area contributed by atoms with Crippen LogP contribution in [0.5, 0.6) is 17.2 Å². The second-order valence-corrected chi connectivity index (χ2v) is 19.4. The van der Waals surface area contributed by atoms with Crippen LogP contribution in [0.25, 0.3) is 0 Å². The Morgan fingerprint density at radius 1 is 0.293 bits per heavy atom. The first-order chi connectivity index (χ1) is 27.6. The molecule has 0 aromatic heterocycles. The highest BCUT2D eigenvalue weighted by molar-refractivity contribution is 7.43. The van der Waals surface area contributed by atoms with Gasteiger partial charge in [-0.3, -0.25) is 0 Å². The second-order valence-electron chi connectivity index (χ2n) is 18.4. The lowest BCUT2D eigenvalue weighted by atomic mass is 9.85. The largest absolute Gasteiger partial charge is 0.530 e. The van der Waals surface area contributed by atoms with Gasteiger partial charge in [0.2, 0.25) is 0 Å². The van der Waals surface area contributed by atoms with E-state index in [2.05, 4.69) is 161 Å². The Bertz CT molecular complexity index is 1420. The van der Waals surface area contributed by atoms with E-state index in [-0.39, 0.29) is 0 Å².